The van der Waals surface area contributed by atoms with E-state index in [9.17, 15) is 13.2 Å². The molecule has 28 heavy (non-hydrogen) atoms. The fourth-order valence-electron chi connectivity index (χ4n) is 3.77. The van der Waals surface area contributed by atoms with Crippen LogP contribution >= 0.6 is 11.8 Å². The molecule has 0 aliphatic carbocycles. The standard InChI is InChI=1S/C20H29N3O3S2/c1-3-5-8-12-23-18-10-7-6-9-17(18)21-20(23)27-14-19(24)22(4-2)16-11-13-28(25,26)15-16/h6-7,9-10,16H,3-5,8,11-15H2,1-2H3. The number of carbonyl (C=O) groups excluding carboxylic acids is 1. The normalized spacial score (nSPS) is 18.6. The number of amides is 1. The highest BCUT2D eigenvalue weighted by Crippen LogP contribution is 2.26. The summed E-state index contributed by atoms with van der Waals surface area (Å²) >= 11 is 1.45. The summed E-state index contributed by atoms with van der Waals surface area (Å²) in [5, 5.41) is 0.862. The van der Waals surface area contributed by atoms with Crippen LogP contribution in [0.15, 0.2) is 29.4 Å². The summed E-state index contributed by atoms with van der Waals surface area (Å²) in [5.74, 6) is 0.539. The number of carbonyl (C=O) groups is 1. The third kappa shape index (κ3) is 4.89. The number of nitrogens with zero attached hydrogens (tertiary/aromatic N) is 3. The first-order chi connectivity index (χ1) is 13.4. The molecule has 3 rings (SSSR count). The zero-order chi connectivity index (χ0) is 20.1. The lowest BCUT2D eigenvalue weighted by atomic mass is 10.2. The van der Waals surface area contributed by atoms with Crippen LogP contribution in [0.4, 0.5) is 0 Å². The summed E-state index contributed by atoms with van der Waals surface area (Å²) in [5.41, 5.74) is 2.05. The van der Waals surface area contributed by atoms with Gasteiger partial charge in [0.05, 0.1) is 28.3 Å². The summed E-state index contributed by atoms with van der Waals surface area (Å²) in [6.45, 7) is 5.52. The molecule has 0 saturated carbocycles. The molecule has 8 heteroatoms. The van der Waals surface area contributed by atoms with Gasteiger partial charge in [0.15, 0.2) is 15.0 Å². The first-order valence-electron chi connectivity index (χ1n) is 10.0. The quantitative estimate of drug-likeness (QED) is 0.457. The average molecular weight is 424 g/mol. The largest absolute Gasteiger partial charge is 0.338 e. The van der Waals surface area contributed by atoms with E-state index in [-0.39, 0.29) is 29.2 Å². The molecule has 1 aromatic heterocycles. The van der Waals surface area contributed by atoms with Crippen molar-refractivity contribution in [2.24, 2.45) is 0 Å². The zero-order valence-corrected chi connectivity index (χ0v) is 18.3. The lowest BCUT2D eigenvalue weighted by Gasteiger charge is -2.26. The zero-order valence-electron chi connectivity index (χ0n) is 16.6. The van der Waals surface area contributed by atoms with Crippen LogP contribution < -0.4 is 0 Å². The molecule has 0 spiro atoms. The second-order valence-electron chi connectivity index (χ2n) is 7.27. The topological polar surface area (TPSA) is 72.3 Å². The number of aryl methyl sites for hydroxylation is 1. The van der Waals surface area contributed by atoms with Crippen LogP contribution in [0.2, 0.25) is 0 Å². The van der Waals surface area contributed by atoms with Crippen LogP contribution in [0, 0.1) is 0 Å². The Morgan fingerprint density at radius 3 is 2.75 bits per heavy atom. The Hall–Kier alpha value is -1.54. The Morgan fingerprint density at radius 2 is 2.07 bits per heavy atom. The van der Waals surface area contributed by atoms with Gasteiger partial charge in [0.1, 0.15) is 0 Å². The highest BCUT2D eigenvalue weighted by atomic mass is 32.2. The summed E-state index contributed by atoms with van der Waals surface area (Å²) in [4.78, 5) is 19.3. The van der Waals surface area contributed by atoms with Crippen molar-refractivity contribution in [3.05, 3.63) is 24.3 Å². The molecule has 1 aromatic carbocycles. The summed E-state index contributed by atoms with van der Waals surface area (Å²) < 4.78 is 25.8. The Labute approximate surface area is 171 Å². The van der Waals surface area contributed by atoms with Crippen molar-refractivity contribution in [1.29, 1.82) is 0 Å². The molecule has 1 aliphatic rings. The minimum atomic E-state index is -3.01. The lowest BCUT2D eigenvalue weighted by Crippen LogP contribution is -2.42. The number of imidazole rings is 1. The molecule has 1 amide bonds. The number of benzene rings is 1. The van der Waals surface area contributed by atoms with Gasteiger partial charge in [-0.15, -0.1) is 0 Å². The molecule has 0 radical (unpaired) electrons. The smallest absolute Gasteiger partial charge is 0.233 e. The number of fused-ring (bicyclic) bond motifs is 1. The molecule has 2 heterocycles. The highest BCUT2D eigenvalue weighted by Gasteiger charge is 2.33. The van der Waals surface area contributed by atoms with Crippen LogP contribution in [0.3, 0.4) is 0 Å². The molecule has 1 fully saturated rings. The van der Waals surface area contributed by atoms with Gasteiger partial charge in [-0.05, 0) is 31.9 Å². The Morgan fingerprint density at radius 1 is 1.29 bits per heavy atom. The number of hydrogen-bond donors (Lipinski definition) is 0. The minimum absolute atomic E-state index is 0.0123. The van der Waals surface area contributed by atoms with Crippen molar-refractivity contribution in [2.75, 3.05) is 23.8 Å². The van der Waals surface area contributed by atoms with E-state index >= 15 is 0 Å². The van der Waals surface area contributed by atoms with Crippen molar-refractivity contribution >= 4 is 38.5 Å². The maximum Gasteiger partial charge on any atom is 0.233 e. The van der Waals surface area contributed by atoms with E-state index in [1.54, 1.807) is 4.90 Å². The molecule has 2 aromatic rings. The Kier molecular flexibility index (Phi) is 7.04. The molecule has 1 unspecified atom stereocenters. The van der Waals surface area contributed by atoms with Gasteiger partial charge in [0.2, 0.25) is 5.91 Å². The van der Waals surface area contributed by atoms with Gasteiger partial charge in [0.25, 0.3) is 0 Å². The second kappa shape index (κ2) is 9.31. The van der Waals surface area contributed by atoms with Gasteiger partial charge in [-0.3, -0.25) is 4.79 Å². The van der Waals surface area contributed by atoms with E-state index in [1.165, 1.54) is 11.8 Å². The fourth-order valence-corrected chi connectivity index (χ4v) is 6.43. The second-order valence-corrected chi connectivity index (χ2v) is 10.4. The average Bonchev–Trinajstić information content (AvgIpc) is 3.21. The van der Waals surface area contributed by atoms with Crippen LogP contribution in [-0.4, -0.2) is 58.6 Å². The van der Waals surface area contributed by atoms with Crippen molar-refractivity contribution in [3.63, 3.8) is 0 Å². The molecule has 154 valence electrons. The summed E-state index contributed by atoms with van der Waals surface area (Å²) in [7, 11) is -3.01. The monoisotopic (exact) mass is 423 g/mol. The van der Waals surface area contributed by atoms with Gasteiger partial charge >= 0.3 is 0 Å². The van der Waals surface area contributed by atoms with Crippen LogP contribution in [-0.2, 0) is 21.2 Å². The molecule has 1 aliphatic heterocycles. The Bertz CT molecular complexity index is 924. The van der Waals surface area contributed by atoms with Gasteiger partial charge in [-0.25, -0.2) is 13.4 Å². The SMILES string of the molecule is CCCCCn1c(SCC(=O)N(CC)C2CCS(=O)(=O)C2)nc2ccccc21. The number of unbranched alkanes of at least 4 members (excludes halogenated alkanes) is 2. The molecular weight excluding hydrogens is 394 g/mol. The maximum atomic E-state index is 12.8. The maximum absolute atomic E-state index is 12.8. The molecular formula is C20H29N3O3S2. The van der Waals surface area contributed by atoms with E-state index in [0.717, 1.165) is 42.0 Å². The van der Waals surface area contributed by atoms with E-state index in [2.05, 4.69) is 17.6 Å². The van der Waals surface area contributed by atoms with Crippen molar-refractivity contribution in [2.45, 2.75) is 57.3 Å². The number of sulfone groups is 1. The fraction of sp³-hybridized carbons (Fsp3) is 0.600. The van der Waals surface area contributed by atoms with Crippen LogP contribution in [0.5, 0.6) is 0 Å². The van der Waals surface area contributed by atoms with Crippen molar-refractivity contribution in [3.8, 4) is 0 Å². The summed E-state index contributed by atoms with van der Waals surface area (Å²) in [6.07, 6.45) is 3.94. The number of hydrogen-bond acceptors (Lipinski definition) is 5. The third-order valence-electron chi connectivity index (χ3n) is 5.24. The predicted octanol–water partition coefficient (Wildman–Crippen LogP) is 3.35. The van der Waals surface area contributed by atoms with Crippen LogP contribution in [0.1, 0.15) is 39.5 Å². The third-order valence-corrected chi connectivity index (χ3v) is 7.95. The number of thioether (sulfide) groups is 1. The molecule has 1 saturated heterocycles. The molecule has 6 nitrogen and oxygen atoms in total. The first-order valence-corrected chi connectivity index (χ1v) is 12.8. The Balaban J connectivity index is 1.71. The van der Waals surface area contributed by atoms with Gasteiger partial charge in [0, 0.05) is 19.1 Å². The van der Waals surface area contributed by atoms with E-state index < -0.39 is 9.84 Å². The first kappa shape index (κ1) is 21.2. The molecule has 0 bridgehead atoms. The highest BCUT2D eigenvalue weighted by molar-refractivity contribution is 7.99. The number of aromatic nitrogens is 2. The van der Waals surface area contributed by atoms with E-state index in [4.69, 9.17) is 4.98 Å². The molecule has 1 atom stereocenters. The van der Waals surface area contributed by atoms with E-state index in [0.29, 0.717) is 13.0 Å². The predicted molar refractivity (Wildman–Crippen MR) is 114 cm³/mol. The molecule has 0 N–H and O–H groups in total. The van der Waals surface area contributed by atoms with Crippen LogP contribution in [0.25, 0.3) is 11.0 Å². The number of rotatable bonds is 9. The summed E-state index contributed by atoms with van der Waals surface area (Å²) in [6, 6.07) is 7.87. The van der Waals surface area contributed by atoms with E-state index in [1.807, 2.05) is 25.1 Å². The van der Waals surface area contributed by atoms with Crippen molar-refractivity contribution in [1.82, 2.24) is 14.5 Å². The van der Waals surface area contributed by atoms with Gasteiger partial charge in [-0.1, -0.05) is 43.7 Å². The van der Waals surface area contributed by atoms with Gasteiger partial charge in [-0.2, -0.15) is 0 Å². The van der Waals surface area contributed by atoms with Crippen molar-refractivity contribution < 1.29 is 13.2 Å². The van der Waals surface area contributed by atoms with Gasteiger partial charge < -0.3 is 9.47 Å². The lowest BCUT2D eigenvalue weighted by molar-refractivity contribution is -0.129. The number of para-hydroxylation sites is 2. The minimum Gasteiger partial charge on any atom is -0.338 e.